The molecule has 0 amide bonds. The summed E-state index contributed by atoms with van der Waals surface area (Å²) in [6.07, 6.45) is 0. The Kier molecular flexibility index (Phi) is 5.27. The molecule has 1 aliphatic heterocycles. The fourth-order valence-electron chi connectivity index (χ4n) is 2.60. The van der Waals surface area contributed by atoms with Crippen LogP contribution in [0.4, 0.5) is 0 Å². The molecule has 134 valence electrons. The highest BCUT2D eigenvalue weighted by molar-refractivity contribution is 7.89. The number of benzene rings is 2. The summed E-state index contributed by atoms with van der Waals surface area (Å²) in [5, 5.41) is 3.35. The number of sulfonamides is 1. The lowest BCUT2D eigenvalue weighted by molar-refractivity contribution is 0.169. The first-order valence-corrected chi connectivity index (χ1v) is 9.52. The van der Waals surface area contributed by atoms with Gasteiger partial charge in [-0.1, -0.05) is 24.3 Å². The molecule has 1 N–H and O–H groups in total. The van der Waals surface area contributed by atoms with Gasteiger partial charge in [0, 0.05) is 32.7 Å². The molecular formula is C18H22N2O4S. The van der Waals surface area contributed by atoms with Crippen LogP contribution < -0.4 is 14.8 Å². The fourth-order valence-corrected chi connectivity index (χ4v) is 3.51. The van der Waals surface area contributed by atoms with Gasteiger partial charge in [0.15, 0.2) is 11.5 Å². The first-order valence-electron chi connectivity index (χ1n) is 8.08. The van der Waals surface area contributed by atoms with Crippen molar-refractivity contribution in [3.63, 3.8) is 0 Å². The lowest BCUT2D eigenvalue weighted by atomic mass is 10.1. The van der Waals surface area contributed by atoms with Crippen LogP contribution in [0.25, 0.3) is 0 Å². The maximum absolute atomic E-state index is 12.1. The molecule has 2 aromatic carbocycles. The minimum atomic E-state index is -3.38. The molecule has 0 saturated carbocycles. The van der Waals surface area contributed by atoms with Crippen molar-refractivity contribution in [1.29, 1.82) is 0 Å². The molecule has 0 aliphatic carbocycles. The van der Waals surface area contributed by atoms with E-state index in [2.05, 4.69) is 5.32 Å². The molecule has 3 rings (SSSR count). The van der Waals surface area contributed by atoms with Crippen molar-refractivity contribution in [2.45, 2.75) is 18.0 Å². The number of nitrogens with one attached hydrogen (secondary N) is 1. The van der Waals surface area contributed by atoms with Gasteiger partial charge in [-0.3, -0.25) is 0 Å². The molecule has 0 spiro atoms. The highest BCUT2D eigenvalue weighted by Gasteiger charge is 2.17. The van der Waals surface area contributed by atoms with Gasteiger partial charge in [0.05, 0.1) is 4.90 Å². The van der Waals surface area contributed by atoms with Crippen LogP contribution in [0.1, 0.15) is 11.1 Å². The minimum Gasteiger partial charge on any atom is -0.486 e. The lowest BCUT2D eigenvalue weighted by Crippen LogP contribution is -2.22. The number of ether oxygens (including phenoxy) is 2. The minimum absolute atomic E-state index is 0.295. The predicted molar refractivity (Wildman–Crippen MR) is 95.3 cm³/mol. The topological polar surface area (TPSA) is 67.9 Å². The van der Waals surface area contributed by atoms with Gasteiger partial charge in [-0.05, 0) is 23.8 Å². The van der Waals surface area contributed by atoms with E-state index in [4.69, 9.17) is 9.47 Å². The molecule has 0 radical (unpaired) electrons. The second kappa shape index (κ2) is 7.43. The van der Waals surface area contributed by atoms with Crippen molar-refractivity contribution < 1.29 is 17.9 Å². The van der Waals surface area contributed by atoms with Gasteiger partial charge in [-0.2, -0.15) is 0 Å². The van der Waals surface area contributed by atoms with Crippen molar-refractivity contribution >= 4 is 10.0 Å². The van der Waals surface area contributed by atoms with Gasteiger partial charge >= 0.3 is 0 Å². The molecule has 7 heteroatoms. The van der Waals surface area contributed by atoms with E-state index in [0.29, 0.717) is 31.2 Å². The van der Waals surface area contributed by atoms with Crippen LogP contribution in [0.15, 0.2) is 47.4 Å². The zero-order chi connectivity index (χ0) is 17.9. The Morgan fingerprint density at radius 3 is 2.44 bits per heavy atom. The standard InChI is InChI=1S/C18H22N2O4S/c1-20(2)25(21,22)16-8-6-14(7-9-16)12-19-13-15-4-3-5-17-18(15)24-11-10-23-17/h3-9,19H,10-13H2,1-2H3. The summed E-state index contributed by atoms with van der Waals surface area (Å²) in [5.41, 5.74) is 2.06. The largest absolute Gasteiger partial charge is 0.486 e. The van der Waals surface area contributed by atoms with Crippen LogP contribution in [0.5, 0.6) is 11.5 Å². The number of hydrogen-bond acceptors (Lipinski definition) is 5. The van der Waals surface area contributed by atoms with E-state index in [9.17, 15) is 8.42 Å². The lowest BCUT2D eigenvalue weighted by Gasteiger charge is -2.21. The molecule has 6 nitrogen and oxygen atoms in total. The fraction of sp³-hybridized carbons (Fsp3) is 0.333. The van der Waals surface area contributed by atoms with Gasteiger partial charge in [-0.15, -0.1) is 0 Å². The molecule has 0 unspecified atom stereocenters. The van der Waals surface area contributed by atoms with E-state index < -0.39 is 10.0 Å². The summed E-state index contributed by atoms with van der Waals surface area (Å²) in [4.78, 5) is 0.295. The molecule has 0 atom stereocenters. The van der Waals surface area contributed by atoms with E-state index in [1.165, 1.54) is 18.4 Å². The summed E-state index contributed by atoms with van der Waals surface area (Å²) in [6, 6.07) is 12.8. The Bertz CT molecular complexity index is 833. The number of fused-ring (bicyclic) bond motifs is 1. The van der Waals surface area contributed by atoms with Gasteiger partial charge < -0.3 is 14.8 Å². The van der Waals surface area contributed by atoms with Crippen LogP contribution in [0.3, 0.4) is 0 Å². The van der Waals surface area contributed by atoms with Crippen molar-refractivity contribution in [2.24, 2.45) is 0 Å². The third-order valence-electron chi connectivity index (χ3n) is 3.99. The van der Waals surface area contributed by atoms with Crippen LogP contribution in [-0.4, -0.2) is 40.0 Å². The molecule has 0 aromatic heterocycles. The molecule has 0 fully saturated rings. The first-order chi connectivity index (χ1) is 12.0. The maximum Gasteiger partial charge on any atom is 0.242 e. The van der Waals surface area contributed by atoms with E-state index in [1.807, 2.05) is 30.3 Å². The Labute approximate surface area is 148 Å². The Morgan fingerprint density at radius 2 is 1.72 bits per heavy atom. The second-order valence-corrected chi connectivity index (χ2v) is 8.13. The zero-order valence-electron chi connectivity index (χ0n) is 14.4. The summed E-state index contributed by atoms with van der Waals surface area (Å²) < 4.78 is 36.6. The van der Waals surface area contributed by atoms with Crippen molar-refractivity contribution in [2.75, 3.05) is 27.3 Å². The van der Waals surface area contributed by atoms with Crippen molar-refractivity contribution in [1.82, 2.24) is 9.62 Å². The SMILES string of the molecule is CN(C)S(=O)(=O)c1ccc(CNCc2cccc3c2OCCO3)cc1. The number of para-hydroxylation sites is 1. The summed E-state index contributed by atoms with van der Waals surface area (Å²) in [5.74, 6) is 1.58. The summed E-state index contributed by atoms with van der Waals surface area (Å²) in [7, 11) is -0.335. The molecule has 1 heterocycles. The van der Waals surface area contributed by atoms with Gasteiger partial charge in [0.1, 0.15) is 13.2 Å². The average Bonchev–Trinajstić information content (AvgIpc) is 2.62. The molecule has 2 aromatic rings. The second-order valence-electron chi connectivity index (χ2n) is 5.98. The molecular weight excluding hydrogens is 340 g/mol. The highest BCUT2D eigenvalue weighted by atomic mass is 32.2. The Hall–Kier alpha value is -2.09. The molecule has 0 saturated heterocycles. The van der Waals surface area contributed by atoms with Gasteiger partial charge in [0.2, 0.25) is 10.0 Å². The Balaban J connectivity index is 1.62. The van der Waals surface area contributed by atoms with E-state index in [1.54, 1.807) is 12.1 Å². The van der Waals surface area contributed by atoms with E-state index in [0.717, 1.165) is 22.6 Å². The van der Waals surface area contributed by atoms with Crippen LogP contribution in [-0.2, 0) is 23.1 Å². The highest BCUT2D eigenvalue weighted by Crippen LogP contribution is 2.33. The molecule has 0 bridgehead atoms. The normalized spacial score (nSPS) is 13.9. The average molecular weight is 362 g/mol. The maximum atomic E-state index is 12.1. The third kappa shape index (κ3) is 3.95. The van der Waals surface area contributed by atoms with Crippen LogP contribution >= 0.6 is 0 Å². The van der Waals surface area contributed by atoms with Crippen molar-refractivity contribution in [3.05, 3.63) is 53.6 Å². The number of hydrogen-bond donors (Lipinski definition) is 1. The van der Waals surface area contributed by atoms with E-state index in [-0.39, 0.29) is 0 Å². The monoisotopic (exact) mass is 362 g/mol. The zero-order valence-corrected chi connectivity index (χ0v) is 15.2. The van der Waals surface area contributed by atoms with Gasteiger partial charge in [0.25, 0.3) is 0 Å². The third-order valence-corrected chi connectivity index (χ3v) is 5.82. The first kappa shape index (κ1) is 17.7. The Morgan fingerprint density at radius 1 is 1.00 bits per heavy atom. The van der Waals surface area contributed by atoms with Crippen LogP contribution in [0, 0.1) is 0 Å². The summed E-state index contributed by atoms with van der Waals surface area (Å²) >= 11 is 0. The predicted octanol–water partition coefficient (Wildman–Crippen LogP) is 2.00. The molecule has 1 aliphatic rings. The number of nitrogens with zero attached hydrogens (tertiary/aromatic N) is 1. The quantitative estimate of drug-likeness (QED) is 0.851. The molecule has 25 heavy (non-hydrogen) atoms. The summed E-state index contributed by atoms with van der Waals surface area (Å²) in [6.45, 7) is 2.41. The smallest absolute Gasteiger partial charge is 0.242 e. The van der Waals surface area contributed by atoms with Crippen LogP contribution in [0.2, 0.25) is 0 Å². The van der Waals surface area contributed by atoms with E-state index >= 15 is 0 Å². The number of rotatable bonds is 6. The van der Waals surface area contributed by atoms with Gasteiger partial charge in [-0.25, -0.2) is 12.7 Å². The van der Waals surface area contributed by atoms with Crippen molar-refractivity contribution in [3.8, 4) is 11.5 Å².